The molecule has 2 atom stereocenters. The number of allylic oxidation sites excluding steroid dienone is 1. The summed E-state index contributed by atoms with van der Waals surface area (Å²) < 4.78 is 0. The quantitative estimate of drug-likeness (QED) is 0.625. The normalized spacial score (nSPS) is 31.8. The van der Waals surface area contributed by atoms with Crippen molar-refractivity contribution in [2.24, 2.45) is 16.7 Å². The number of rotatable bonds is 4. The number of aliphatic hydroxyl groups excluding tert-OH is 1. The number of carbonyl (C=O) groups is 2. The Morgan fingerprint density at radius 2 is 1.95 bits per heavy atom. The van der Waals surface area contributed by atoms with E-state index < -0.39 is 11.5 Å². The molecule has 1 fully saturated rings. The Labute approximate surface area is 114 Å². The lowest BCUT2D eigenvalue weighted by atomic mass is 9.83. The number of Topliss-reactive ketones (excluding diaryl/α,β-unsaturated/α-hetero) is 1. The van der Waals surface area contributed by atoms with Gasteiger partial charge in [0.05, 0.1) is 6.10 Å². The Morgan fingerprint density at radius 1 is 1.37 bits per heavy atom. The van der Waals surface area contributed by atoms with Crippen molar-refractivity contribution in [1.82, 2.24) is 0 Å². The third-order valence-corrected chi connectivity index (χ3v) is 4.77. The molecule has 0 heterocycles. The molecule has 19 heavy (non-hydrogen) atoms. The van der Waals surface area contributed by atoms with Crippen LogP contribution in [0.25, 0.3) is 0 Å². The average molecular weight is 262 g/mol. The van der Waals surface area contributed by atoms with Gasteiger partial charge in [0.1, 0.15) is 12.1 Å². The van der Waals surface area contributed by atoms with Gasteiger partial charge >= 0.3 is 0 Å². The van der Waals surface area contributed by atoms with E-state index in [4.69, 9.17) is 0 Å². The van der Waals surface area contributed by atoms with Crippen LogP contribution < -0.4 is 0 Å². The van der Waals surface area contributed by atoms with Crippen LogP contribution in [0.15, 0.2) is 23.3 Å². The van der Waals surface area contributed by atoms with E-state index in [1.165, 1.54) is 0 Å². The third kappa shape index (κ3) is 2.20. The summed E-state index contributed by atoms with van der Waals surface area (Å²) in [5.74, 6) is -0.103. The van der Waals surface area contributed by atoms with Gasteiger partial charge in [0, 0.05) is 16.7 Å². The fourth-order valence-corrected chi connectivity index (χ4v) is 3.13. The fourth-order valence-electron chi connectivity index (χ4n) is 3.13. The highest BCUT2D eigenvalue weighted by Crippen LogP contribution is 2.53. The lowest BCUT2D eigenvalue weighted by Crippen LogP contribution is -2.29. The molecule has 2 unspecified atom stereocenters. The molecule has 0 spiro atoms. The van der Waals surface area contributed by atoms with Crippen LogP contribution in [0.4, 0.5) is 0 Å². The topological polar surface area (TPSA) is 54.4 Å². The summed E-state index contributed by atoms with van der Waals surface area (Å²) in [6.07, 6.45) is 5.75. The lowest BCUT2D eigenvalue weighted by Gasteiger charge is -2.25. The van der Waals surface area contributed by atoms with E-state index in [9.17, 15) is 14.7 Å². The summed E-state index contributed by atoms with van der Waals surface area (Å²) in [7, 11) is 0. The van der Waals surface area contributed by atoms with Crippen LogP contribution in [0.1, 0.15) is 40.5 Å². The largest absolute Gasteiger partial charge is 0.391 e. The van der Waals surface area contributed by atoms with E-state index in [0.29, 0.717) is 5.57 Å². The maximum absolute atomic E-state index is 11.7. The molecule has 2 aliphatic rings. The van der Waals surface area contributed by atoms with Gasteiger partial charge in [-0.1, -0.05) is 31.6 Å². The van der Waals surface area contributed by atoms with Crippen LogP contribution >= 0.6 is 0 Å². The minimum Gasteiger partial charge on any atom is -0.391 e. The first-order valence-electron chi connectivity index (χ1n) is 6.80. The van der Waals surface area contributed by atoms with Gasteiger partial charge in [0.25, 0.3) is 0 Å². The van der Waals surface area contributed by atoms with Crippen molar-refractivity contribution >= 4 is 12.1 Å². The van der Waals surface area contributed by atoms with Crippen LogP contribution in [-0.2, 0) is 9.59 Å². The van der Waals surface area contributed by atoms with Crippen LogP contribution in [0.3, 0.4) is 0 Å². The second kappa shape index (κ2) is 4.41. The Morgan fingerprint density at radius 3 is 2.37 bits per heavy atom. The first-order chi connectivity index (χ1) is 8.74. The van der Waals surface area contributed by atoms with Crippen LogP contribution in [-0.4, -0.2) is 23.3 Å². The minimum absolute atomic E-state index is 0.185. The Bertz CT molecular complexity index is 478. The lowest BCUT2D eigenvalue weighted by molar-refractivity contribution is -0.120. The van der Waals surface area contributed by atoms with Gasteiger partial charge in [-0.25, -0.2) is 0 Å². The van der Waals surface area contributed by atoms with Gasteiger partial charge in [0.15, 0.2) is 0 Å². The molecule has 0 saturated heterocycles. The molecule has 0 radical (unpaired) electrons. The number of carbonyl (C=O) groups excluding carboxylic acids is 2. The number of aldehydes is 1. The zero-order valence-corrected chi connectivity index (χ0v) is 12.1. The zero-order chi connectivity index (χ0) is 14.4. The maximum Gasteiger partial charge on any atom is 0.146 e. The Balaban J connectivity index is 2.31. The monoisotopic (exact) mass is 262 g/mol. The van der Waals surface area contributed by atoms with Crippen molar-refractivity contribution < 1.29 is 14.7 Å². The molecule has 0 aromatic carbocycles. The Kier molecular flexibility index (Phi) is 3.29. The van der Waals surface area contributed by atoms with E-state index in [-0.39, 0.29) is 17.1 Å². The molecule has 1 saturated carbocycles. The second-order valence-electron chi connectivity index (χ2n) is 6.54. The van der Waals surface area contributed by atoms with Gasteiger partial charge in [0.2, 0.25) is 0 Å². The van der Waals surface area contributed by atoms with E-state index >= 15 is 0 Å². The zero-order valence-electron chi connectivity index (χ0n) is 12.1. The first-order valence-corrected chi connectivity index (χ1v) is 6.80. The molecule has 2 aliphatic carbocycles. The van der Waals surface area contributed by atoms with Crippen molar-refractivity contribution in [2.45, 2.75) is 46.6 Å². The SMILES string of the molecule is CC(=O)C1(/C(C)=C/C2C(C=O)=CC(C)(C)C2O)CC1. The van der Waals surface area contributed by atoms with Crippen molar-refractivity contribution in [2.75, 3.05) is 0 Å². The molecule has 0 aromatic rings. The standard InChI is InChI=1S/C16H22O3/c1-10(16(5-6-16)11(2)18)7-13-12(9-17)8-15(3,4)14(13)19/h7-9,13-14,19H,5-6H2,1-4H3/b10-7+. The van der Waals surface area contributed by atoms with Crippen molar-refractivity contribution in [3.8, 4) is 0 Å². The molecular weight excluding hydrogens is 240 g/mol. The highest BCUT2D eigenvalue weighted by Gasteiger charge is 2.49. The summed E-state index contributed by atoms with van der Waals surface area (Å²) in [6, 6.07) is 0. The number of aliphatic hydroxyl groups is 1. The van der Waals surface area contributed by atoms with Gasteiger partial charge in [-0.2, -0.15) is 0 Å². The third-order valence-electron chi connectivity index (χ3n) is 4.77. The highest BCUT2D eigenvalue weighted by molar-refractivity contribution is 5.88. The minimum atomic E-state index is -0.606. The van der Waals surface area contributed by atoms with Gasteiger partial charge < -0.3 is 5.11 Å². The maximum atomic E-state index is 11.7. The first kappa shape index (κ1) is 14.2. The van der Waals surface area contributed by atoms with E-state index in [1.807, 2.05) is 32.9 Å². The summed E-state index contributed by atoms with van der Waals surface area (Å²) >= 11 is 0. The predicted octanol–water partition coefficient (Wildman–Crippen LogP) is 2.44. The van der Waals surface area contributed by atoms with Gasteiger partial charge in [-0.15, -0.1) is 0 Å². The predicted molar refractivity (Wildman–Crippen MR) is 73.5 cm³/mol. The fraction of sp³-hybridized carbons (Fsp3) is 0.625. The van der Waals surface area contributed by atoms with Crippen molar-refractivity contribution in [3.63, 3.8) is 0 Å². The van der Waals surface area contributed by atoms with Crippen LogP contribution in [0.5, 0.6) is 0 Å². The summed E-state index contributed by atoms with van der Waals surface area (Å²) in [5.41, 5.74) is 0.899. The number of hydrogen-bond donors (Lipinski definition) is 1. The molecule has 2 rings (SSSR count). The van der Waals surface area contributed by atoms with Crippen molar-refractivity contribution in [3.05, 3.63) is 23.3 Å². The van der Waals surface area contributed by atoms with E-state index in [0.717, 1.165) is 24.7 Å². The second-order valence-corrected chi connectivity index (χ2v) is 6.54. The summed E-state index contributed by atoms with van der Waals surface area (Å²) in [5, 5.41) is 10.4. The summed E-state index contributed by atoms with van der Waals surface area (Å²) in [6.45, 7) is 7.40. The molecule has 0 amide bonds. The van der Waals surface area contributed by atoms with Crippen LogP contribution in [0.2, 0.25) is 0 Å². The Hall–Kier alpha value is -1.22. The molecule has 0 bridgehead atoms. The van der Waals surface area contributed by atoms with E-state index in [1.54, 1.807) is 6.92 Å². The smallest absolute Gasteiger partial charge is 0.146 e. The molecular formula is C16H22O3. The number of ketones is 1. The number of hydrogen-bond acceptors (Lipinski definition) is 3. The van der Waals surface area contributed by atoms with Gasteiger partial charge in [-0.05, 0) is 32.3 Å². The van der Waals surface area contributed by atoms with Crippen LogP contribution in [0, 0.1) is 16.7 Å². The average Bonchev–Trinajstić information content (AvgIpc) is 3.10. The molecule has 104 valence electrons. The highest BCUT2D eigenvalue weighted by atomic mass is 16.3. The molecule has 1 N–H and O–H groups in total. The molecule has 0 aromatic heterocycles. The molecule has 3 heteroatoms. The van der Waals surface area contributed by atoms with E-state index in [2.05, 4.69) is 0 Å². The summed E-state index contributed by atoms with van der Waals surface area (Å²) in [4.78, 5) is 22.9. The molecule has 0 aliphatic heterocycles. The van der Waals surface area contributed by atoms with Gasteiger partial charge in [-0.3, -0.25) is 9.59 Å². The van der Waals surface area contributed by atoms with Crippen molar-refractivity contribution in [1.29, 1.82) is 0 Å². The molecule has 3 nitrogen and oxygen atoms in total.